The van der Waals surface area contributed by atoms with Gasteiger partial charge in [0.2, 0.25) is 0 Å². The predicted molar refractivity (Wildman–Crippen MR) is 83.6 cm³/mol. The Kier molecular flexibility index (Phi) is 3.37. The van der Waals surface area contributed by atoms with Crippen molar-refractivity contribution < 1.29 is 14.7 Å². The van der Waals surface area contributed by atoms with E-state index in [1.54, 1.807) is 6.92 Å². The van der Waals surface area contributed by atoms with Gasteiger partial charge in [0.1, 0.15) is 5.54 Å². The Morgan fingerprint density at radius 2 is 1.91 bits per heavy atom. The number of benzene rings is 2. The molecule has 1 aliphatic rings. The van der Waals surface area contributed by atoms with Crippen molar-refractivity contribution in [2.45, 2.75) is 24.9 Å². The lowest BCUT2D eigenvalue weighted by Crippen LogP contribution is -2.66. The first-order valence-electron chi connectivity index (χ1n) is 7.27. The van der Waals surface area contributed by atoms with Crippen molar-refractivity contribution >= 4 is 22.6 Å². The molecule has 1 unspecified atom stereocenters. The molecule has 5 nitrogen and oxygen atoms in total. The third-order valence-corrected chi connectivity index (χ3v) is 4.45. The first kappa shape index (κ1) is 14.5. The molecule has 0 bridgehead atoms. The van der Waals surface area contributed by atoms with Crippen LogP contribution in [0.3, 0.4) is 0 Å². The molecule has 1 aliphatic heterocycles. The zero-order valence-corrected chi connectivity index (χ0v) is 12.3. The molecule has 0 aliphatic carbocycles. The molecule has 1 amide bonds. The lowest BCUT2D eigenvalue weighted by atomic mass is 9.72. The number of nitrogens with zero attached hydrogens (tertiary/aromatic N) is 1. The minimum Gasteiger partial charge on any atom is -0.465 e. The summed E-state index contributed by atoms with van der Waals surface area (Å²) < 4.78 is 0. The van der Waals surface area contributed by atoms with Crippen molar-refractivity contribution in [3.05, 3.63) is 48.0 Å². The van der Waals surface area contributed by atoms with Crippen molar-refractivity contribution in [2.75, 3.05) is 6.54 Å². The predicted octanol–water partition coefficient (Wildman–Crippen LogP) is 2.34. The molecule has 2 aromatic carbocycles. The van der Waals surface area contributed by atoms with Crippen LogP contribution in [-0.4, -0.2) is 34.5 Å². The molecule has 2 atom stereocenters. The highest BCUT2D eigenvalue weighted by Gasteiger charge is 2.55. The third kappa shape index (κ3) is 1.89. The van der Waals surface area contributed by atoms with E-state index in [-0.39, 0.29) is 5.78 Å². The van der Waals surface area contributed by atoms with Crippen molar-refractivity contribution in [1.29, 1.82) is 0 Å². The van der Waals surface area contributed by atoms with Crippen LogP contribution in [0.25, 0.3) is 10.8 Å². The highest BCUT2D eigenvalue weighted by molar-refractivity contribution is 6.01. The van der Waals surface area contributed by atoms with Gasteiger partial charge in [0.25, 0.3) is 0 Å². The molecule has 0 radical (unpaired) electrons. The van der Waals surface area contributed by atoms with Crippen LogP contribution in [0, 0.1) is 0 Å². The van der Waals surface area contributed by atoms with Crippen molar-refractivity contribution in [3.8, 4) is 0 Å². The average Bonchev–Trinajstić information content (AvgIpc) is 2.46. The number of nitrogens with two attached hydrogens (primary N) is 1. The fraction of sp³-hybridized carbons (Fsp3) is 0.294. The fourth-order valence-corrected chi connectivity index (χ4v) is 3.34. The summed E-state index contributed by atoms with van der Waals surface area (Å²) in [5, 5.41) is 11.3. The molecule has 0 spiro atoms. The number of carbonyl (C=O) groups excluding carboxylic acids is 1. The first-order valence-corrected chi connectivity index (χ1v) is 7.27. The largest absolute Gasteiger partial charge is 0.465 e. The second-order valence-corrected chi connectivity index (χ2v) is 5.72. The Morgan fingerprint density at radius 3 is 2.50 bits per heavy atom. The molecule has 3 N–H and O–H groups in total. The number of Topliss-reactive ketones (excluding diaryl/α,β-unsaturated/α-hetero) is 1. The van der Waals surface area contributed by atoms with E-state index < -0.39 is 17.7 Å². The molecule has 2 aromatic rings. The Labute approximate surface area is 128 Å². The third-order valence-electron chi connectivity index (χ3n) is 4.45. The standard InChI is InChI=1S/C17H18N2O3/c1-11(18)15(20)17(9-10-19(17)16(21)22)14-8-4-6-12-5-2-3-7-13(12)14/h2-8,11H,9-10,18H2,1H3,(H,21,22)/t11-,17?/m0/s1. The SMILES string of the molecule is C[C@H](N)C(=O)C1(c2cccc3ccccc23)CCN1C(=O)O. The maximum absolute atomic E-state index is 12.8. The van der Waals surface area contributed by atoms with E-state index in [0.717, 1.165) is 16.3 Å². The number of ketones is 1. The smallest absolute Gasteiger partial charge is 0.408 e. The quantitative estimate of drug-likeness (QED) is 0.911. The minimum atomic E-state index is -1.17. The van der Waals surface area contributed by atoms with Gasteiger partial charge < -0.3 is 10.8 Å². The van der Waals surface area contributed by atoms with Crippen molar-refractivity contribution in [2.24, 2.45) is 5.73 Å². The zero-order valence-electron chi connectivity index (χ0n) is 12.3. The van der Waals surface area contributed by atoms with Gasteiger partial charge in [-0.05, 0) is 23.3 Å². The summed E-state index contributed by atoms with van der Waals surface area (Å²) in [6.07, 6.45) is -0.624. The van der Waals surface area contributed by atoms with Gasteiger partial charge in [0, 0.05) is 13.0 Å². The molecule has 5 heteroatoms. The van der Waals surface area contributed by atoms with Crippen LogP contribution in [-0.2, 0) is 10.3 Å². The number of carbonyl (C=O) groups is 2. The fourth-order valence-electron chi connectivity index (χ4n) is 3.34. The summed E-state index contributed by atoms with van der Waals surface area (Å²) in [4.78, 5) is 25.6. The Balaban J connectivity index is 2.26. The Hall–Kier alpha value is -2.40. The van der Waals surface area contributed by atoms with Crippen LogP contribution in [0.15, 0.2) is 42.5 Å². The molecule has 114 valence electrons. The van der Waals surface area contributed by atoms with Crippen LogP contribution in [0.5, 0.6) is 0 Å². The highest BCUT2D eigenvalue weighted by atomic mass is 16.4. The highest BCUT2D eigenvalue weighted by Crippen LogP contribution is 2.44. The van der Waals surface area contributed by atoms with Crippen molar-refractivity contribution in [3.63, 3.8) is 0 Å². The van der Waals surface area contributed by atoms with Gasteiger partial charge in [-0.15, -0.1) is 0 Å². The van der Waals surface area contributed by atoms with Crippen LogP contribution in [0.1, 0.15) is 18.9 Å². The van der Waals surface area contributed by atoms with Gasteiger partial charge in [0.15, 0.2) is 5.78 Å². The molecule has 1 fully saturated rings. The molecular formula is C17H18N2O3. The van der Waals surface area contributed by atoms with E-state index in [0.29, 0.717) is 13.0 Å². The Morgan fingerprint density at radius 1 is 1.23 bits per heavy atom. The molecule has 1 heterocycles. The first-order chi connectivity index (χ1) is 10.5. The zero-order chi connectivity index (χ0) is 15.9. The lowest BCUT2D eigenvalue weighted by molar-refractivity contribution is -0.139. The molecule has 22 heavy (non-hydrogen) atoms. The average molecular weight is 298 g/mol. The maximum Gasteiger partial charge on any atom is 0.408 e. The number of rotatable bonds is 3. The minimum absolute atomic E-state index is 0.252. The number of amides is 1. The molecule has 3 rings (SSSR count). The molecule has 0 saturated carbocycles. The maximum atomic E-state index is 12.8. The van der Waals surface area contributed by atoms with Gasteiger partial charge >= 0.3 is 6.09 Å². The van der Waals surface area contributed by atoms with Gasteiger partial charge in [-0.25, -0.2) is 4.79 Å². The summed E-state index contributed by atoms with van der Waals surface area (Å²) in [5.41, 5.74) is 5.36. The van der Waals surface area contributed by atoms with Gasteiger partial charge in [-0.1, -0.05) is 42.5 Å². The normalized spacial score (nSPS) is 22.2. The summed E-state index contributed by atoms with van der Waals surface area (Å²) >= 11 is 0. The molecule has 1 saturated heterocycles. The number of likely N-dealkylation sites (tertiary alicyclic amines) is 1. The monoisotopic (exact) mass is 298 g/mol. The topological polar surface area (TPSA) is 83.6 Å². The van der Waals surface area contributed by atoms with E-state index in [1.165, 1.54) is 4.90 Å². The van der Waals surface area contributed by atoms with E-state index in [2.05, 4.69) is 0 Å². The second kappa shape index (κ2) is 5.10. The van der Waals surface area contributed by atoms with Crippen molar-refractivity contribution in [1.82, 2.24) is 4.90 Å². The van der Waals surface area contributed by atoms with E-state index in [9.17, 15) is 14.7 Å². The number of fused-ring (bicyclic) bond motifs is 1. The lowest BCUT2D eigenvalue weighted by Gasteiger charge is -2.51. The number of carboxylic acid groups (broad SMARTS) is 1. The summed E-state index contributed by atoms with van der Waals surface area (Å²) in [5.74, 6) is -0.252. The summed E-state index contributed by atoms with van der Waals surface area (Å²) in [6.45, 7) is 1.95. The van der Waals surface area contributed by atoms with Gasteiger partial charge in [-0.2, -0.15) is 0 Å². The van der Waals surface area contributed by atoms with Gasteiger partial charge in [0.05, 0.1) is 6.04 Å². The van der Waals surface area contributed by atoms with Crippen LogP contribution < -0.4 is 5.73 Å². The summed E-state index contributed by atoms with van der Waals surface area (Å²) in [7, 11) is 0. The van der Waals surface area contributed by atoms with E-state index >= 15 is 0 Å². The van der Waals surface area contributed by atoms with Gasteiger partial charge in [-0.3, -0.25) is 9.69 Å². The number of hydrogen-bond donors (Lipinski definition) is 2. The molecule has 0 aromatic heterocycles. The summed E-state index contributed by atoms with van der Waals surface area (Å²) in [6, 6.07) is 12.6. The Bertz CT molecular complexity index is 751. The van der Waals surface area contributed by atoms with E-state index in [1.807, 2.05) is 42.5 Å². The van der Waals surface area contributed by atoms with Crippen LogP contribution in [0.2, 0.25) is 0 Å². The van der Waals surface area contributed by atoms with E-state index in [4.69, 9.17) is 5.73 Å². The van der Waals surface area contributed by atoms with Crippen LogP contribution in [0.4, 0.5) is 4.79 Å². The second-order valence-electron chi connectivity index (χ2n) is 5.72. The number of hydrogen-bond acceptors (Lipinski definition) is 3. The van der Waals surface area contributed by atoms with Crippen LogP contribution >= 0.6 is 0 Å². The molecular weight excluding hydrogens is 280 g/mol.